The molecule has 22 heavy (non-hydrogen) atoms. The number of rotatable bonds is 3. The molecule has 1 aliphatic heterocycles. The largest absolute Gasteiger partial charge is 0.351 e. The molecule has 3 amide bonds. The van der Waals surface area contributed by atoms with Gasteiger partial charge in [0.1, 0.15) is 0 Å². The van der Waals surface area contributed by atoms with Crippen LogP contribution in [0.1, 0.15) is 48.9 Å². The van der Waals surface area contributed by atoms with E-state index in [-0.39, 0.29) is 5.91 Å². The molecule has 1 atom stereocenters. The molecule has 1 aliphatic carbocycles. The SMILES string of the molecule is NC(=O)Nc1cccc(C(=O)N2CCC[C@@H]2C2CCCC2)c1. The Morgan fingerprint density at radius 3 is 2.64 bits per heavy atom. The van der Waals surface area contributed by atoms with Crippen molar-refractivity contribution in [3.8, 4) is 0 Å². The standard InChI is InChI=1S/C17H23N3O2/c18-17(22)19-14-8-3-7-13(11-14)16(21)20-10-4-9-15(20)12-5-1-2-6-12/h3,7-8,11-12,15H,1-2,4-6,9-10H2,(H3,18,19,22)/t15-/m1/s1. The Morgan fingerprint density at radius 2 is 1.91 bits per heavy atom. The van der Waals surface area contributed by atoms with Gasteiger partial charge in [0.05, 0.1) is 0 Å². The fourth-order valence-electron chi connectivity index (χ4n) is 3.91. The van der Waals surface area contributed by atoms with Gasteiger partial charge in [-0.1, -0.05) is 18.9 Å². The van der Waals surface area contributed by atoms with E-state index in [0.29, 0.717) is 23.2 Å². The van der Waals surface area contributed by atoms with E-state index in [1.165, 1.54) is 25.7 Å². The van der Waals surface area contributed by atoms with Gasteiger partial charge >= 0.3 is 6.03 Å². The number of carbonyl (C=O) groups excluding carboxylic acids is 2. The van der Waals surface area contributed by atoms with Gasteiger partial charge in [0.25, 0.3) is 5.91 Å². The molecule has 2 aliphatic rings. The summed E-state index contributed by atoms with van der Waals surface area (Å²) in [5.41, 5.74) is 6.32. The number of urea groups is 1. The molecule has 1 saturated heterocycles. The first-order valence-corrected chi connectivity index (χ1v) is 8.12. The molecular weight excluding hydrogens is 278 g/mol. The van der Waals surface area contributed by atoms with Crippen LogP contribution in [0.2, 0.25) is 0 Å². The molecule has 1 aromatic rings. The average Bonchev–Trinajstić information content (AvgIpc) is 3.16. The van der Waals surface area contributed by atoms with Crippen LogP contribution in [-0.2, 0) is 0 Å². The highest BCUT2D eigenvalue weighted by molar-refractivity contribution is 5.97. The minimum Gasteiger partial charge on any atom is -0.351 e. The summed E-state index contributed by atoms with van der Waals surface area (Å²) in [7, 11) is 0. The Balaban J connectivity index is 1.76. The fraction of sp³-hybridized carbons (Fsp3) is 0.529. The third kappa shape index (κ3) is 3.08. The number of primary amides is 1. The van der Waals surface area contributed by atoms with Gasteiger partial charge in [-0.25, -0.2) is 4.79 Å². The Morgan fingerprint density at radius 1 is 1.14 bits per heavy atom. The lowest BCUT2D eigenvalue weighted by atomic mass is 9.95. The molecule has 118 valence electrons. The second-order valence-electron chi connectivity index (χ2n) is 6.32. The van der Waals surface area contributed by atoms with Crippen LogP contribution in [0.4, 0.5) is 10.5 Å². The van der Waals surface area contributed by atoms with Gasteiger partial charge in [-0.15, -0.1) is 0 Å². The highest BCUT2D eigenvalue weighted by atomic mass is 16.2. The van der Waals surface area contributed by atoms with Gasteiger partial charge in [-0.3, -0.25) is 4.79 Å². The van der Waals surface area contributed by atoms with Crippen molar-refractivity contribution in [2.45, 2.75) is 44.6 Å². The van der Waals surface area contributed by atoms with Crippen LogP contribution in [0.15, 0.2) is 24.3 Å². The Bertz CT molecular complexity index is 567. The Labute approximate surface area is 130 Å². The maximum Gasteiger partial charge on any atom is 0.316 e. The van der Waals surface area contributed by atoms with Crippen LogP contribution >= 0.6 is 0 Å². The van der Waals surface area contributed by atoms with Gasteiger partial charge in [-0.05, 0) is 49.8 Å². The number of hydrogen-bond acceptors (Lipinski definition) is 2. The van der Waals surface area contributed by atoms with Gasteiger partial charge in [0, 0.05) is 23.8 Å². The highest BCUT2D eigenvalue weighted by Crippen LogP contribution is 2.36. The summed E-state index contributed by atoms with van der Waals surface area (Å²) in [6.07, 6.45) is 7.29. The van der Waals surface area contributed by atoms with Crippen LogP contribution in [0.3, 0.4) is 0 Å². The van der Waals surface area contributed by atoms with E-state index in [4.69, 9.17) is 5.73 Å². The highest BCUT2D eigenvalue weighted by Gasteiger charge is 2.36. The average molecular weight is 301 g/mol. The number of benzene rings is 1. The van der Waals surface area contributed by atoms with E-state index in [1.54, 1.807) is 24.3 Å². The number of anilines is 1. The van der Waals surface area contributed by atoms with Gasteiger partial charge < -0.3 is 16.0 Å². The molecule has 0 bridgehead atoms. The van der Waals surface area contributed by atoms with Crippen molar-refractivity contribution < 1.29 is 9.59 Å². The van der Waals surface area contributed by atoms with E-state index in [1.807, 2.05) is 4.90 Å². The molecule has 5 heteroatoms. The van der Waals surface area contributed by atoms with Crippen molar-refractivity contribution in [2.75, 3.05) is 11.9 Å². The third-order valence-electron chi connectivity index (χ3n) is 4.88. The monoisotopic (exact) mass is 301 g/mol. The summed E-state index contributed by atoms with van der Waals surface area (Å²) in [5, 5.41) is 2.53. The number of likely N-dealkylation sites (tertiary alicyclic amines) is 1. The number of nitrogens with two attached hydrogens (primary N) is 1. The third-order valence-corrected chi connectivity index (χ3v) is 4.88. The number of nitrogens with zero attached hydrogens (tertiary/aromatic N) is 1. The Kier molecular flexibility index (Phi) is 4.32. The van der Waals surface area contributed by atoms with E-state index in [0.717, 1.165) is 19.4 Å². The zero-order valence-corrected chi connectivity index (χ0v) is 12.8. The predicted octanol–water partition coefficient (Wildman–Crippen LogP) is 2.97. The van der Waals surface area contributed by atoms with Crippen LogP contribution in [0.5, 0.6) is 0 Å². The van der Waals surface area contributed by atoms with Crippen molar-refractivity contribution in [3.05, 3.63) is 29.8 Å². The number of hydrogen-bond donors (Lipinski definition) is 2. The minimum absolute atomic E-state index is 0.0718. The lowest BCUT2D eigenvalue weighted by Crippen LogP contribution is -2.39. The molecule has 1 heterocycles. The van der Waals surface area contributed by atoms with Crippen molar-refractivity contribution in [1.82, 2.24) is 4.90 Å². The summed E-state index contributed by atoms with van der Waals surface area (Å²) in [4.78, 5) is 25.8. The maximum absolute atomic E-state index is 12.8. The number of carbonyl (C=O) groups is 2. The summed E-state index contributed by atoms with van der Waals surface area (Å²) < 4.78 is 0. The fourth-order valence-corrected chi connectivity index (χ4v) is 3.91. The normalized spacial score (nSPS) is 22.0. The Hall–Kier alpha value is -2.04. The zero-order chi connectivity index (χ0) is 15.5. The zero-order valence-electron chi connectivity index (χ0n) is 12.8. The minimum atomic E-state index is -0.616. The van der Waals surface area contributed by atoms with Crippen molar-refractivity contribution in [1.29, 1.82) is 0 Å². The van der Waals surface area contributed by atoms with Crippen molar-refractivity contribution in [3.63, 3.8) is 0 Å². The van der Waals surface area contributed by atoms with Crippen LogP contribution < -0.4 is 11.1 Å². The summed E-state index contributed by atoms with van der Waals surface area (Å²) in [6.45, 7) is 0.841. The molecule has 0 unspecified atom stereocenters. The maximum atomic E-state index is 12.8. The van der Waals surface area contributed by atoms with E-state index in [2.05, 4.69) is 5.32 Å². The number of nitrogens with one attached hydrogen (secondary N) is 1. The number of amides is 3. The summed E-state index contributed by atoms with van der Waals surface area (Å²) in [6, 6.07) is 6.80. The topological polar surface area (TPSA) is 75.4 Å². The van der Waals surface area contributed by atoms with E-state index >= 15 is 0 Å². The second kappa shape index (κ2) is 6.38. The van der Waals surface area contributed by atoms with E-state index in [9.17, 15) is 9.59 Å². The first-order valence-electron chi connectivity index (χ1n) is 8.12. The molecule has 0 aromatic heterocycles. The molecule has 1 saturated carbocycles. The first kappa shape index (κ1) is 14.9. The van der Waals surface area contributed by atoms with Crippen LogP contribution in [-0.4, -0.2) is 29.4 Å². The molecule has 0 radical (unpaired) electrons. The molecule has 3 rings (SSSR count). The van der Waals surface area contributed by atoms with Gasteiger partial charge in [0.15, 0.2) is 0 Å². The molecule has 3 N–H and O–H groups in total. The van der Waals surface area contributed by atoms with E-state index < -0.39 is 6.03 Å². The van der Waals surface area contributed by atoms with Crippen LogP contribution in [0.25, 0.3) is 0 Å². The summed E-state index contributed by atoms with van der Waals surface area (Å²) >= 11 is 0. The smallest absolute Gasteiger partial charge is 0.316 e. The second-order valence-corrected chi connectivity index (χ2v) is 6.32. The lowest BCUT2D eigenvalue weighted by Gasteiger charge is -2.29. The van der Waals surface area contributed by atoms with Crippen molar-refractivity contribution >= 4 is 17.6 Å². The van der Waals surface area contributed by atoms with Crippen LogP contribution in [0, 0.1) is 5.92 Å². The quantitative estimate of drug-likeness (QED) is 0.900. The summed E-state index contributed by atoms with van der Waals surface area (Å²) in [5.74, 6) is 0.737. The predicted molar refractivity (Wildman–Crippen MR) is 85.7 cm³/mol. The molecule has 0 spiro atoms. The van der Waals surface area contributed by atoms with Gasteiger partial charge in [-0.2, -0.15) is 0 Å². The van der Waals surface area contributed by atoms with Crippen molar-refractivity contribution in [2.24, 2.45) is 11.7 Å². The van der Waals surface area contributed by atoms with Gasteiger partial charge in [0.2, 0.25) is 0 Å². The lowest BCUT2D eigenvalue weighted by molar-refractivity contribution is 0.0689. The molecule has 2 fully saturated rings. The molecule has 1 aromatic carbocycles. The first-order chi connectivity index (χ1) is 10.6. The molecule has 5 nitrogen and oxygen atoms in total. The molecular formula is C17H23N3O2.